The van der Waals surface area contributed by atoms with E-state index in [1.165, 1.54) is 17.3 Å². The Morgan fingerprint density at radius 3 is 2.37 bits per heavy atom. The van der Waals surface area contributed by atoms with E-state index < -0.39 is 52.9 Å². The molecule has 3 heterocycles. The average molecular weight is 419 g/mol. The van der Waals surface area contributed by atoms with Crippen molar-refractivity contribution in [2.24, 2.45) is 22.4 Å². The molecule has 2 saturated heterocycles. The van der Waals surface area contributed by atoms with Gasteiger partial charge in [0.2, 0.25) is 11.8 Å². The molecule has 4 rings (SSSR count). The van der Waals surface area contributed by atoms with E-state index in [4.69, 9.17) is 0 Å². The summed E-state index contributed by atoms with van der Waals surface area (Å²) in [5, 5.41) is 5.72. The first-order valence-corrected chi connectivity index (χ1v) is 9.51. The number of alkyl halides is 3. The fraction of sp³-hybridized carbons (Fsp3) is 0.429. The Morgan fingerprint density at radius 2 is 1.73 bits per heavy atom. The smallest absolute Gasteiger partial charge is 0.297 e. The zero-order chi connectivity index (χ0) is 22.0. The summed E-state index contributed by atoms with van der Waals surface area (Å²) in [6.45, 7) is 5.15. The van der Waals surface area contributed by atoms with Crippen molar-refractivity contribution < 1.29 is 27.6 Å². The SMILES string of the molecule is CC(C)(C)C(=O)C1C2C(=O)N(c3cccc(C(F)(F)F)c3)C(=O)C2C2C=CC=NN21. The van der Waals surface area contributed by atoms with E-state index >= 15 is 0 Å². The molecule has 158 valence electrons. The molecular weight excluding hydrogens is 399 g/mol. The van der Waals surface area contributed by atoms with Gasteiger partial charge < -0.3 is 0 Å². The van der Waals surface area contributed by atoms with Crippen molar-refractivity contribution in [2.75, 3.05) is 4.90 Å². The van der Waals surface area contributed by atoms with Gasteiger partial charge in [-0.05, 0) is 24.3 Å². The molecule has 6 nitrogen and oxygen atoms in total. The second-order valence-corrected chi connectivity index (χ2v) is 8.69. The number of fused-ring (bicyclic) bond motifs is 3. The highest BCUT2D eigenvalue weighted by Gasteiger charge is 2.64. The van der Waals surface area contributed by atoms with Crippen LogP contribution in [0.15, 0.2) is 41.5 Å². The summed E-state index contributed by atoms with van der Waals surface area (Å²) in [6, 6.07) is 2.53. The number of amides is 2. The zero-order valence-electron chi connectivity index (χ0n) is 16.6. The Balaban J connectivity index is 1.78. The molecule has 3 aliphatic heterocycles. The highest BCUT2D eigenvalue weighted by molar-refractivity contribution is 6.24. The Bertz CT molecular complexity index is 993. The summed E-state index contributed by atoms with van der Waals surface area (Å²) in [5.41, 5.74) is -1.90. The fourth-order valence-electron chi connectivity index (χ4n) is 4.36. The molecular formula is C21H20F3N3O3. The third-order valence-electron chi connectivity index (χ3n) is 5.73. The Hall–Kier alpha value is -2.97. The van der Waals surface area contributed by atoms with Crippen molar-refractivity contribution in [1.29, 1.82) is 0 Å². The fourth-order valence-corrected chi connectivity index (χ4v) is 4.36. The van der Waals surface area contributed by atoms with Crippen LogP contribution in [0.3, 0.4) is 0 Å². The van der Waals surface area contributed by atoms with Crippen LogP contribution in [0, 0.1) is 17.3 Å². The van der Waals surface area contributed by atoms with Gasteiger partial charge in [0, 0.05) is 11.6 Å². The molecule has 3 aliphatic rings. The second-order valence-electron chi connectivity index (χ2n) is 8.69. The monoisotopic (exact) mass is 419 g/mol. The minimum atomic E-state index is -4.61. The standard InChI is InChI=1S/C21H20F3N3O3/c1-20(2,3)17(28)16-15-14(13-8-5-9-25-27(13)16)18(29)26(19(15)30)12-7-4-6-11(10-12)21(22,23)24/h4-10,13-16H,1-3H3. The number of benzene rings is 1. The number of halogens is 3. The number of rotatable bonds is 2. The lowest BCUT2D eigenvalue weighted by molar-refractivity contribution is -0.137. The minimum absolute atomic E-state index is 0.147. The van der Waals surface area contributed by atoms with Crippen molar-refractivity contribution in [3.05, 3.63) is 42.0 Å². The number of imide groups is 1. The molecule has 0 spiro atoms. The molecule has 4 atom stereocenters. The van der Waals surface area contributed by atoms with Gasteiger partial charge in [0.1, 0.15) is 6.04 Å². The number of hydrazone groups is 1. The summed E-state index contributed by atoms with van der Waals surface area (Å²) in [6.07, 6.45) is 0.203. The number of hydrogen-bond acceptors (Lipinski definition) is 5. The van der Waals surface area contributed by atoms with Gasteiger partial charge >= 0.3 is 6.18 Å². The molecule has 2 fully saturated rings. The highest BCUT2D eigenvalue weighted by Crippen LogP contribution is 2.47. The number of Topliss-reactive ketones (excluding diaryl/α,β-unsaturated/α-hetero) is 1. The van der Waals surface area contributed by atoms with Gasteiger partial charge in [-0.15, -0.1) is 0 Å². The zero-order valence-corrected chi connectivity index (χ0v) is 16.6. The molecule has 0 aliphatic carbocycles. The summed E-state index contributed by atoms with van der Waals surface area (Å²) in [4.78, 5) is 40.5. The number of carbonyl (C=O) groups excluding carboxylic acids is 3. The number of allylic oxidation sites excluding steroid dienone is 1. The van der Waals surface area contributed by atoms with Gasteiger partial charge in [0.05, 0.1) is 29.1 Å². The Morgan fingerprint density at radius 1 is 1.07 bits per heavy atom. The molecule has 0 N–H and O–H groups in total. The van der Waals surface area contributed by atoms with E-state index in [2.05, 4.69) is 5.10 Å². The second kappa shape index (κ2) is 6.52. The first-order valence-electron chi connectivity index (χ1n) is 9.51. The lowest BCUT2D eigenvalue weighted by atomic mass is 9.80. The molecule has 0 radical (unpaired) electrons. The van der Waals surface area contributed by atoms with Crippen molar-refractivity contribution in [1.82, 2.24) is 5.01 Å². The van der Waals surface area contributed by atoms with Crippen LogP contribution in [-0.4, -0.2) is 40.9 Å². The van der Waals surface area contributed by atoms with Crippen molar-refractivity contribution >= 4 is 29.5 Å². The summed E-state index contributed by atoms with van der Waals surface area (Å²) >= 11 is 0. The number of carbonyl (C=O) groups is 3. The van der Waals surface area contributed by atoms with Crippen molar-refractivity contribution in [3.8, 4) is 0 Å². The van der Waals surface area contributed by atoms with E-state index in [1.54, 1.807) is 32.9 Å². The molecule has 30 heavy (non-hydrogen) atoms. The van der Waals surface area contributed by atoms with E-state index in [0.717, 1.165) is 23.1 Å². The molecule has 1 aromatic rings. The lowest BCUT2D eigenvalue weighted by Gasteiger charge is -2.33. The van der Waals surface area contributed by atoms with Crippen LogP contribution < -0.4 is 4.90 Å². The van der Waals surface area contributed by atoms with Crippen LogP contribution in [0.25, 0.3) is 0 Å². The maximum absolute atomic E-state index is 13.3. The van der Waals surface area contributed by atoms with E-state index in [9.17, 15) is 27.6 Å². The van der Waals surface area contributed by atoms with Gasteiger partial charge in [0.15, 0.2) is 5.78 Å². The van der Waals surface area contributed by atoms with Gasteiger partial charge in [-0.2, -0.15) is 18.3 Å². The van der Waals surface area contributed by atoms with Crippen molar-refractivity contribution in [2.45, 2.75) is 39.0 Å². The molecule has 1 aromatic carbocycles. The van der Waals surface area contributed by atoms with Crippen LogP contribution in [0.2, 0.25) is 0 Å². The summed E-state index contributed by atoms with van der Waals surface area (Å²) in [5.74, 6) is -3.45. The predicted molar refractivity (Wildman–Crippen MR) is 102 cm³/mol. The Labute approximate surface area is 171 Å². The molecule has 4 unspecified atom stereocenters. The normalized spacial score (nSPS) is 28.2. The predicted octanol–water partition coefficient (Wildman–Crippen LogP) is 3.03. The third-order valence-corrected chi connectivity index (χ3v) is 5.73. The number of hydrogen-bond donors (Lipinski definition) is 0. The summed E-state index contributed by atoms with van der Waals surface area (Å²) in [7, 11) is 0. The van der Waals surface area contributed by atoms with Crippen LogP contribution in [0.1, 0.15) is 26.3 Å². The van der Waals surface area contributed by atoms with E-state index in [1.807, 2.05) is 0 Å². The van der Waals surface area contributed by atoms with Crippen LogP contribution in [-0.2, 0) is 20.6 Å². The molecule has 0 bridgehead atoms. The van der Waals surface area contributed by atoms with E-state index in [-0.39, 0.29) is 11.5 Å². The molecule has 0 aromatic heterocycles. The van der Waals surface area contributed by atoms with Gasteiger partial charge in [-0.25, -0.2) is 4.90 Å². The van der Waals surface area contributed by atoms with Crippen LogP contribution in [0.5, 0.6) is 0 Å². The molecule has 0 saturated carbocycles. The number of ketones is 1. The van der Waals surface area contributed by atoms with Gasteiger partial charge in [-0.1, -0.05) is 32.9 Å². The van der Waals surface area contributed by atoms with Gasteiger partial charge in [-0.3, -0.25) is 19.4 Å². The molecule has 9 heteroatoms. The van der Waals surface area contributed by atoms with Crippen LogP contribution >= 0.6 is 0 Å². The topological polar surface area (TPSA) is 70.0 Å². The molecule has 2 amide bonds. The first-order chi connectivity index (χ1) is 13.9. The minimum Gasteiger partial charge on any atom is -0.297 e. The maximum atomic E-state index is 13.3. The maximum Gasteiger partial charge on any atom is 0.416 e. The largest absolute Gasteiger partial charge is 0.416 e. The van der Waals surface area contributed by atoms with Crippen LogP contribution in [0.4, 0.5) is 18.9 Å². The summed E-state index contributed by atoms with van der Waals surface area (Å²) < 4.78 is 39.4. The Kier molecular flexibility index (Phi) is 4.41. The van der Waals surface area contributed by atoms with Crippen molar-refractivity contribution in [3.63, 3.8) is 0 Å². The number of anilines is 1. The quantitative estimate of drug-likeness (QED) is 0.691. The first kappa shape index (κ1) is 20.3. The lowest BCUT2D eigenvalue weighted by Crippen LogP contribution is -2.49. The van der Waals surface area contributed by atoms with Gasteiger partial charge in [0.25, 0.3) is 0 Å². The number of nitrogens with zero attached hydrogens (tertiary/aromatic N) is 3. The van der Waals surface area contributed by atoms with E-state index in [0.29, 0.717) is 0 Å². The third kappa shape index (κ3) is 2.95. The average Bonchev–Trinajstić information content (AvgIpc) is 3.13. The highest BCUT2D eigenvalue weighted by atomic mass is 19.4.